The Bertz CT molecular complexity index is 1170. The molecule has 3 N–H and O–H groups in total. The van der Waals surface area contributed by atoms with Gasteiger partial charge in [-0.2, -0.15) is 5.10 Å². The first kappa shape index (κ1) is 21.5. The Kier molecular flexibility index (Phi) is 5.12. The van der Waals surface area contributed by atoms with Crippen molar-refractivity contribution in [3.8, 4) is 0 Å². The lowest BCUT2D eigenvalue weighted by molar-refractivity contribution is -0.0738. The fourth-order valence-electron chi connectivity index (χ4n) is 5.54. The van der Waals surface area contributed by atoms with Crippen LogP contribution >= 0.6 is 9.24 Å². The normalized spacial score (nSPS) is 29.2. The Morgan fingerprint density at radius 3 is 2.38 bits per heavy atom. The van der Waals surface area contributed by atoms with Gasteiger partial charge in [-0.25, -0.2) is 9.67 Å². The number of aliphatic hydroxyl groups is 1. The first-order chi connectivity index (χ1) is 15.2. The van der Waals surface area contributed by atoms with E-state index in [1.807, 2.05) is 13.0 Å². The molecule has 1 aromatic heterocycles. The number of hydrogen-bond acceptors (Lipinski definition) is 4. The molecule has 2 aliphatic rings. The highest BCUT2D eigenvalue weighted by molar-refractivity contribution is 7.15. The zero-order chi connectivity index (χ0) is 22.7. The van der Waals surface area contributed by atoms with E-state index in [2.05, 4.69) is 76.3 Å². The summed E-state index contributed by atoms with van der Waals surface area (Å²) >= 11 is 0. The number of nitrogens with zero attached hydrogens (tertiary/aromatic N) is 3. The van der Waals surface area contributed by atoms with Crippen molar-refractivity contribution < 1.29 is 5.11 Å². The average Bonchev–Trinajstić information content (AvgIpc) is 3.09. The molecular formula is C26H31N4OP. The maximum absolute atomic E-state index is 10.2. The highest BCUT2D eigenvalue weighted by atomic mass is 31.0. The van der Waals surface area contributed by atoms with E-state index in [9.17, 15) is 5.11 Å². The van der Waals surface area contributed by atoms with Gasteiger partial charge in [-0.3, -0.25) is 0 Å². The van der Waals surface area contributed by atoms with Crippen LogP contribution in [0.5, 0.6) is 0 Å². The Morgan fingerprint density at radius 2 is 1.78 bits per heavy atom. The molecule has 166 valence electrons. The van der Waals surface area contributed by atoms with E-state index in [1.54, 1.807) is 0 Å². The fraction of sp³-hybridized carbons (Fsp3) is 0.385. The van der Waals surface area contributed by atoms with Crippen LogP contribution < -0.4 is 5.73 Å². The predicted octanol–water partition coefficient (Wildman–Crippen LogP) is 4.74. The molecular weight excluding hydrogens is 415 g/mol. The molecule has 3 aromatic rings. The number of benzene rings is 2. The molecule has 32 heavy (non-hydrogen) atoms. The summed E-state index contributed by atoms with van der Waals surface area (Å²) < 4.78 is 2.09. The lowest BCUT2D eigenvalue weighted by Gasteiger charge is -2.49. The molecule has 5 rings (SSSR count). The van der Waals surface area contributed by atoms with Crippen LogP contribution in [0, 0.1) is 6.92 Å². The lowest BCUT2D eigenvalue weighted by Crippen LogP contribution is -2.58. The minimum atomic E-state index is -0.667. The summed E-state index contributed by atoms with van der Waals surface area (Å²) in [5.41, 5.74) is 12.1. The maximum atomic E-state index is 10.2. The number of fused-ring (bicyclic) bond motifs is 1. The van der Waals surface area contributed by atoms with Crippen LogP contribution in [0.1, 0.15) is 66.6 Å². The molecule has 0 bridgehead atoms. The second-order valence-electron chi connectivity index (χ2n) is 9.75. The summed E-state index contributed by atoms with van der Waals surface area (Å²) in [6.45, 7) is 6.19. The summed E-state index contributed by atoms with van der Waals surface area (Å²) in [7, 11) is 2.78. The monoisotopic (exact) mass is 446 g/mol. The molecule has 3 unspecified atom stereocenters. The van der Waals surface area contributed by atoms with Gasteiger partial charge in [-0.15, -0.1) is 9.24 Å². The molecule has 1 aliphatic carbocycles. The van der Waals surface area contributed by atoms with E-state index >= 15 is 0 Å². The van der Waals surface area contributed by atoms with E-state index in [0.717, 1.165) is 40.1 Å². The van der Waals surface area contributed by atoms with Crippen LogP contribution in [-0.4, -0.2) is 26.2 Å². The van der Waals surface area contributed by atoms with Gasteiger partial charge < -0.3 is 10.8 Å². The van der Waals surface area contributed by atoms with Crippen molar-refractivity contribution in [2.24, 2.45) is 10.7 Å². The van der Waals surface area contributed by atoms with Crippen LogP contribution in [-0.2, 0) is 11.7 Å². The van der Waals surface area contributed by atoms with Gasteiger partial charge in [0.05, 0.1) is 23.0 Å². The van der Waals surface area contributed by atoms with Gasteiger partial charge >= 0.3 is 0 Å². The fourth-order valence-corrected chi connectivity index (χ4v) is 5.93. The van der Waals surface area contributed by atoms with Gasteiger partial charge in [0.1, 0.15) is 0 Å². The minimum absolute atomic E-state index is 0.0995. The summed E-state index contributed by atoms with van der Waals surface area (Å²) in [5.74, 6) is 1.05. The molecule has 0 radical (unpaired) electrons. The standard InChI is InChI=1S/C26H31N4OP/c1-16-21(13-32)29-30-17(2)22(18-7-5-4-6-8-18)23(28-24(16)30)19-9-11-20(12-10-19)26(27)14-25(3,31)15-26/h4-12,17,22,31H,13-15,27,32H2,1-3H3. The summed E-state index contributed by atoms with van der Waals surface area (Å²) in [6, 6.07) is 19.2. The molecule has 0 amide bonds. The van der Waals surface area contributed by atoms with Crippen LogP contribution in [0.3, 0.4) is 0 Å². The predicted molar refractivity (Wildman–Crippen MR) is 133 cm³/mol. The second kappa shape index (κ2) is 7.62. The van der Waals surface area contributed by atoms with Crippen molar-refractivity contribution >= 4 is 20.8 Å². The highest BCUT2D eigenvalue weighted by Crippen LogP contribution is 2.47. The third kappa shape index (κ3) is 3.44. The van der Waals surface area contributed by atoms with E-state index in [1.165, 1.54) is 5.56 Å². The van der Waals surface area contributed by atoms with E-state index in [4.69, 9.17) is 15.8 Å². The third-order valence-electron chi connectivity index (χ3n) is 7.10. The molecule has 2 heterocycles. The van der Waals surface area contributed by atoms with Gasteiger partial charge in [0.2, 0.25) is 0 Å². The van der Waals surface area contributed by atoms with Gasteiger partial charge in [-0.1, -0.05) is 54.6 Å². The van der Waals surface area contributed by atoms with Crippen LogP contribution in [0.2, 0.25) is 0 Å². The van der Waals surface area contributed by atoms with Crippen LogP contribution in [0.15, 0.2) is 59.6 Å². The van der Waals surface area contributed by atoms with Crippen LogP contribution in [0.4, 0.5) is 5.82 Å². The summed E-state index contributed by atoms with van der Waals surface area (Å²) in [6.07, 6.45) is 1.98. The van der Waals surface area contributed by atoms with Crippen LogP contribution in [0.25, 0.3) is 0 Å². The Morgan fingerprint density at radius 1 is 1.12 bits per heavy atom. The Hall–Kier alpha value is -2.33. The lowest BCUT2D eigenvalue weighted by atomic mass is 9.63. The number of aliphatic imine (C=N–C) groups is 1. The average molecular weight is 447 g/mol. The molecule has 1 aliphatic heterocycles. The van der Waals surface area contributed by atoms with Crippen molar-refractivity contribution in [3.05, 3.63) is 82.5 Å². The van der Waals surface area contributed by atoms with Gasteiger partial charge in [-0.05, 0) is 50.3 Å². The molecule has 1 fully saturated rings. The molecule has 5 nitrogen and oxygen atoms in total. The summed E-state index contributed by atoms with van der Waals surface area (Å²) in [5, 5.41) is 15.1. The Labute approximate surface area is 192 Å². The molecule has 0 spiro atoms. The third-order valence-corrected chi connectivity index (χ3v) is 7.49. The van der Waals surface area contributed by atoms with Gasteiger partial charge in [0, 0.05) is 23.2 Å². The Balaban J connectivity index is 1.59. The number of aromatic nitrogens is 2. The smallest absolute Gasteiger partial charge is 0.154 e. The molecule has 1 saturated carbocycles. The first-order valence-electron chi connectivity index (χ1n) is 11.3. The topological polar surface area (TPSA) is 76.4 Å². The van der Waals surface area contributed by atoms with Crippen molar-refractivity contribution in [2.75, 3.05) is 0 Å². The molecule has 6 heteroatoms. The number of nitrogens with two attached hydrogens (primary N) is 1. The molecule has 0 saturated heterocycles. The second-order valence-corrected chi connectivity index (χ2v) is 10.2. The van der Waals surface area contributed by atoms with Crippen molar-refractivity contribution in [1.29, 1.82) is 0 Å². The number of rotatable bonds is 4. The van der Waals surface area contributed by atoms with Crippen molar-refractivity contribution in [1.82, 2.24) is 9.78 Å². The summed E-state index contributed by atoms with van der Waals surface area (Å²) in [4.78, 5) is 5.18. The zero-order valence-corrected chi connectivity index (χ0v) is 20.1. The molecule has 3 atom stereocenters. The van der Waals surface area contributed by atoms with E-state index < -0.39 is 11.1 Å². The van der Waals surface area contributed by atoms with Gasteiger partial charge in [0.15, 0.2) is 5.82 Å². The van der Waals surface area contributed by atoms with Gasteiger partial charge in [0.25, 0.3) is 0 Å². The number of hydrogen-bond donors (Lipinski definition) is 2. The van der Waals surface area contributed by atoms with Crippen molar-refractivity contribution in [2.45, 2.75) is 62.9 Å². The largest absolute Gasteiger partial charge is 0.390 e. The van der Waals surface area contributed by atoms with E-state index in [0.29, 0.717) is 12.8 Å². The van der Waals surface area contributed by atoms with E-state index in [-0.39, 0.29) is 12.0 Å². The SMILES string of the molecule is Cc1c(CP)nn2c1N=C(c1ccc(C3(N)CC(C)(O)C3)cc1)C(c1ccccc1)C2C. The minimum Gasteiger partial charge on any atom is -0.390 e. The zero-order valence-electron chi connectivity index (χ0n) is 18.9. The maximum Gasteiger partial charge on any atom is 0.154 e. The highest BCUT2D eigenvalue weighted by Gasteiger charge is 2.49. The quantitative estimate of drug-likeness (QED) is 0.568. The van der Waals surface area contributed by atoms with Crippen molar-refractivity contribution in [3.63, 3.8) is 0 Å². The molecule has 2 aromatic carbocycles. The first-order valence-corrected chi connectivity index (χ1v) is 12.1.